The number of nitrogens with zero attached hydrogens (tertiary/aromatic N) is 4. The Morgan fingerprint density at radius 2 is 1.90 bits per heavy atom. The number of nitrogens with one attached hydrogen (secondary N) is 2. The fourth-order valence-corrected chi connectivity index (χ4v) is 3.98. The largest absolute Gasteiger partial charge is 0.496 e. The van der Waals surface area contributed by atoms with Crippen LogP contribution in [0.25, 0.3) is 33.1 Å². The van der Waals surface area contributed by atoms with Crippen LogP contribution in [0.3, 0.4) is 0 Å². The highest BCUT2D eigenvalue weighted by Gasteiger charge is 2.20. The molecule has 4 heterocycles. The summed E-state index contributed by atoms with van der Waals surface area (Å²) in [5.74, 6) is 3.55. The van der Waals surface area contributed by atoms with Gasteiger partial charge in [0, 0.05) is 22.7 Å². The van der Waals surface area contributed by atoms with Crippen molar-refractivity contribution in [2.75, 3.05) is 12.4 Å². The standard InChI is InChI=1S/C23H22N6O2/c1-11-6-7-24-19(8-11)28-23-21-15-10-18(30-5)16(20-12(2)29-31-13(20)3)9-17(15)27-22(21)25-14(4)26-23/h6-10H,1-5H3,(H2,24,25,26,27,28). The van der Waals surface area contributed by atoms with Gasteiger partial charge in [-0.2, -0.15) is 0 Å². The van der Waals surface area contributed by atoms with Crippen LogP contribution in [0.15, 0.2) is 35.0 Å². The average molecular weight is 414 g/mol. The summed E-state index contributed by atoms with van der Waals surface area (Å²) >= 11 is 0. The van der Waals surface area contributed by atoms with Crippen molar-refractivity contribution in [3.8, 4) is 16.9 Å². The third-order valence-corrected chi connectivity index (χ3v) is 5.35. The Morgan fingerprint density at radius 3 is 2.61 bits per heavy atom. The number of anilines is 2. The van der Waals surface area contributed by atoms with Crippen LogP contribution in [0.5, 0.6) is 5.75 Å². The van der Waals surface area contributed by atoms with Crippen LogP contribution in [0.1, 0.15) is 22.8 Å². The van der Waals surface area contributed by atoms with Crippen molar-refractivity contribution in [1.82, 2.24) is 25.1 Å². The highest BCUT2D eigenvalue weighted by Crippen LogP contribution is 2.40. The Kier molecular flexibility index (Phi) is 4.35. The summed E-state index contributed by atoms with van der Waals surface area (Å²) in [4.78, 5) is 17.1. The van der Waals surface area contributed by atoms with E-state index in [1.54, 1.807) is 13.3 Å². The predicted octanol–water partition coefficient (Wildman–Crippen LogP) is 5.15. The molecule has 31 heavy (non-hydrogen) atoms. The topological polar surface area (TPSA) is 102 Å². The number of hydrogen-bond acceptors (Lipinski definition) is 7. The minimum absolute atomic E-state index is 0.659. The van der Waals surface area contributed by atoms with Gasteiger partial charge in [0.25, 0.3) is 0 Å². The Morgan fingerprint density at radius 1 is 1.06 bits per heavy atom. The van der Waals surface area contributed by atoms with E-state index in [9.17, 15) is 0 Å². The van der Waals surface area contributed by atoms with Gasteiger partial charge in [0.1, 0.15) is 34.6 Å². The van der Waals surface area contributed by atoms with E-state index < -0.39 is 0 Å². The van der Waals surface area contributed by atoms with Crippen LogP contribution in [0.2, 0.25) is 0 Å². The van der Waals surface area contributed by atoms with E-state index in [1.165, 1.54) is 0 Å². The van der Waals surface area contributed by atoms with Crippen LogP contribution < -0.4 is 10.1 Å². The number of hydrogen-bond donors (Lipinski definition) is 2. The molecular weight excluding hydrogens is 392 g/mol. The molecule has 0 aliphatic carbocycles. The summed E-state index contributed by atoms with van der Waals surface area (Å²) < 4.78 is 11.1. The summed E-state index contributed by atoms with van der Waals surface area (Å²) in [5, 5.41) is 9.29. The first kappa shape index (κ1) is 19.0. The monoisotopic (exact) mass is 414 g/mol. The number of aromatic nitrogens is 5. The molecule has 0 aliphatic rings. The van der Waals surface area contributed by atoms with Gasteiger partial charge in [0.05, 0.1) is 23.8 Å². The molecule has 0 fully saturated rings. The van der Waals surface area contributed by atoms with Crippen molar-refractivity contribution in [1.29, 1.82) is 0 Å². The molecular formula is C23H22N6O2. The predicted molar refractivity (Wildman–Crippen MR) is 120 cm³/mol. The summed E-state index contributed by atoms with van der Waals surface area (Å²) in [6, 6.07) is 7.99. The van der Waals surface area contributed by atoms with Gasteiger partial charge in [-0.1, -0.05) is 5.16 Å². The maximum Gasteiger partial charge on any atom is 0.145 e. The van der Waals surface area contributed by atoms with Crippen molar-refractivity contribution in [3.05, 3.63) is 53.3 Å². The molecule has 0 atom stereocenters. The third-order valence-electron chi connectivity index (χ3n) is 5.35. The summed E-state index contributed by atoms with van der Waals surface area (Å²) in [7, 11) is 1.66. The zero-order valence-corrected chi connectivity index (χ0v) is 18.0. The zero-order chi connectivity index (χ0) is 21.7. The molecule has 0 aliphatic heterocycles. The number of rotatable bonds is 4. The smallest absolute Gasteiger partial charge is 0.145 e. The molecule has 0 unspecified atom stereocenters. The molecule has 0 saturated heterocycles. The molecule has 8 nitrogen and oxygen atoms in total. The summed E-state index contributed by atoms with van der Waals surface area (Å²) in [6.45, 7) is 7.72. The van der Waals surface area contributed by atoms with Gasteiger partial charge in [-0.3, -0.25) is 0 Å². The summed E-state index contributed by atoms with van der Waals surface area (Å²) in [5.41, 5.74) is 5.44. The lowest BCUT2D eigenvalue weighted by Crippen LogP contribution is -2.00. The minimum atomic E-state index is 0.659. The molecule has 2 N–H and O–H groups in total. The quantitative estimate of drug-likeness (QED) is 0.419. The second kappa shape index (κ2) is 7.09. The number of H-pyrrole nitrogens is 1. The number of aromatic amines is 1. The first-order valence-corrected chi connectivity index (χ1v) is 9.95. The highest BCUT2D eigenvalue weighted by atomic mass is 16.5. The molecule has 1 aromatic carbocycles. The van der Waals surface area contributed by atoms with Crippen LogP contribution in [0, 0.1) is 27.7 Å². The average Bonchev–Trinajstić information content (AvgIpc) is 3.25. The normalized spacial score (nSPS) is 11.4. The van der Waals surface area contributed by atoms with Gasteiger partial charge in [-0.15, -0.1) is 0 Å². The fraction of sp³-hybridized carbons (Fsp3) is 0.217. The van der Waals surface area contributed by atoms with Gasteiger partial charge in [0.2, 0.25) is 0 Å². The lowest BCUT2D eigenvalue weighted by atomic mass is 10.0. The fourth-order valence-electron chi connectivity index (χ4n) is 3.98. The second-order valence-corrected chi connectivity index (χ2v) is 7.61. The molecule has 0 spiro atoms. The Hall–Kier alpha value is -3.94. The van der Waals surface area contributed by atoms with Crippen LogP contribution in [0.4, 0.5) is 11.6 Å². The Balaban J connectivity index is 1.76. The van der Waals surface area contributed by atoms with Gasteiger partial charge in [-0.05, 0) is 57.5 Å². The molecule has 0 bridgehead atoms. The van der Waals surface area contributed by atoms with Crippen molar-refractivity contribution in [2.45, 2.75) is 27.7 Å². The van der Waals surface area contributed by atoms with Crippen LogP contribution >= 0.6 is 0 Å². The maximum atomic E-state index is 5.75. The first-order valence-electron chi connectivity index (χ1n) is 9.95. The van der Waals surface area contributed by atoms with Gasteiger partial charge in [-0.25, -0.2) is 15.0 Å². The SMILES string of the molecule is COc1cc2c(cc1-c1c(C)noc1C)[nH]c1nc(C)nc(Nc3cc(C)ccn3)c12. The molecule has 0 saturated carbocycles. The van der Waals surface area contributed by atoms with E-state index in [0.29, 0.717) is 11.6 Å². The first-order chi connectivity index (χ1) is 14.9. The number of pyridine rings is 1. The second-order valence-electron chi connectivity index (χ2n) is 7.61. The van der Waals surface area contributed by atoms with Crippen LogP contribution in [-0.4, -0.2) is 32.2 Å². The van der Waals surface area contributed by atoms with Crippen LogP contribution in [-0.2, 0) is 0 Å². The van der Waals surface area contributed by atoms with E-state index in [-0.39, 0.29) is 0 Å². The number of benzene rings is 1. The molecule has 5 aromatic rings. The van der Waals surface area contributed by atoms with E-state index in [1.807, 2.05) is 52.0 Å². The molecule has 156 valence electrons. The Labute approximate surface area is 178 Å². The lowest BCUT2D eigenvalue weighted by Gasteiger charge is -2.10. The lowest BCUT2D eigenvalue weighted by molar-refractivity contribution is 0.393. The maximum absolute atomic E-state index is 5.75. The number of aryl methyl sites for hydroxylation is 4. The van der Waals surface area contributed by atoms with Gasteiger partial charge < -0.3 is 19.6 Å². The van der Waals surface area contributed by atoms with E-state index in [0.717, 1.165) is 61.6 Å². The highest BCUT2D eigenvalue weighted by molar-refractivity contribution is 6.13. The van der Waals surface area contributed by atoms with E-state index in [4.69, 9.17) is 9.26 Å². The number of ether oxygens (including phenoxy) is 1. The molecule has 8 heteroatoms. The molecule has 5 rings (SSSR count). The van der Waals surface area contributed by atoms with Crippen molar-refractivity contribution in [2.24, 2.45) is 0 Å². The van der Waals surface area contributed by atoms with Crippen molar-refractivity contribution >= 4 is 33.6 Å². The Bertz CT molecular complexity index is 1430. The number of fused-ring (bicyclic) bond motifs is 3. The molecule has 4 aromatic heterocycles. The number of methoxy groups -OCH3 is 1. The van der Waals surface area contributed by atoms with E-state index >= 15 is 0 Å². The van der Waals surface area contributed by atoms with Crippen molar-refractivity contribution in [3.63, 3.8) is 0 Å². The third kappa shape index (κ3) is 3.16. The molecule has 0 amide bonds. The molecule has 0 radical (unpaired) electrons. The van der Waals surface area contributed by atoms with Gasteiger partial charge >= 0.3 is 0 Å². The summed E-state index contributed by atoms with van der Waals surface area (Å²) in [6.07, 6.45) is 1.77. The van der Waals surface area contributed by atoms with Gasteiger partial charge in [0.15, 0.2) is 0 Å². The zero-order valence-electron chi connectivity index (χ0n) is 18.0. The minimum Gasteiger partial charge on any atom is -0.496 e. The van der Waals surface area contributed by atoms with Crippen molar-refractivity contribution < 1.29 is 9.26 Å². The van der Waals surface area contributed by atoms with E-state index in [2.05, 4.69) is 30.4 Å².